The van der Waals surface area contributed by atoms with Gasteiger partial charge in [0.2, 0.25) is 0 Å². The summed E-state index contributed by atoms with van der Waals surface area (Å²) in [5.41, 5.74) is 0.205. The molecule has 4 rings (SSSR count). The molecule has 142 valence electrons. The van der Waals surface area contributed by atoms with Gasteiger partial charge in [0.25, 0.3) is 0 Å². The van der Waals surface area contributed by atoms with E-state index in [0.29, 0.717) is 26.2 Å². The molecule has 1 aromatic carbocycles. The first kappa shape index (κ1) is 17.5. The summed E-state index contributed by atoms with van der Waals surface area (Å²) in [6, 6.07) is 7.94. The van der Waals surface area contributed by atoms with E-state index in [4.69, 9.17) is 0 Å². The number of urea groups is 1. The minimum absolute atomic E-state index is 0.205. The second-order valence-corrected chi connectivity index (χ2v) is 6.81. The Balaban J connectivity index is 1.35. The quantitative estimate of drug-likeness (QED) is 0.900. The summed E-state index contributed by atoms with van der Waals surface area (Å²) in [6.07, 6.45) is 4.02. The van der Waals surface area contributed by atoms with Gasteiger partial charge in [-0.1, -0.05) is 12.1 Å². The molecule has 0 radical (unpaired) electrons. The van der Waals surface area contributed by atoms with E-state index in [2.05, 4.69) is 25.1 Å². The zero-order valence-corrected chi connectivity index (χ0v) is 15.1. The fourth-order valence-corrected chi connectivity index (χ4v) is 3.52. The maximum absolute atomic E-state index is 13.7. The van der Waals surface area contributed by atoms with E-state index in [0.717, 1.165) is 24.7 Å². The Hall–Kier alpha value is -2.90. The van der Waals surface area contributed by atoms with E-state index in [1.165, 1.54) is 18.9 Å². The first-order valence-electron chi connectivity index (χ1n) is 9.33. The predicted octanol–water partition coefficient (Wildman–Crippen LogP) is 2.57. The Bertz CT molecular complexity index is 802. The fourth-order valence-electron chi connectivity index (χ4n) is 3.52. The third kappa shape index (κ3) is 3.94. The lowest BCUT2D eigenvalue weighted by Crippen LogP contribution is -2.50. The highest BCUT2D eigenvalue weighted by Gasteiger charge is 2.23. The summed E-state index contributed by atoms with van der Waals surface area (Å²) in [5, 5.41) is 2.64. The minimum Gasteiger partial charge on any atom is -0.356 e. The number of nitrogens with zero attached hydrogens (tertiary/aromatic N) is 5. The van der Waals surface area contributed by atoms with Crippen molar-refractivity contribution in [1.29, 1.82) is 0 Å². The monoisotopic (exact) mass is 370 g/mol. The third-order valence-corrected chi connectivity index (χ3v) is 5.07. The SMILES string of the molecule is O=C(Nc1ccccc1F)N1CCN(c2cc(N3CCCC3)ncn2)CC1. The number of halogens is 1. The third-order valence-electron chi connectivity index (χ3n) is 5.07. The highest BCUT2D eigenvalue weighted by Crippen LogP contribution is 2.22. The standard InChI is InChI=1S/C19H23FN6O/c20-15-5-1-2-6-16(15)23-19(27)26-11-9-25(10-12-26)18-13-17(21-14-22-18)24-7-3-4-8-24/h1-2,5-6,13-14H,3-4,7-12H2,(H,23,27). The van der Waals surface area contributed by atoms with Crippen molar-refractivity contribution in [1.82, 2.24) is 14.9 Å². The number of nitrogens with one attached hydrogen (secondary N) is 1. The number of piperazine rings is 1. The minimum atomic E-state index is -0.431. The lowest BCUT2D eigenvalue weighted by molar-refractivity contribution is 0.208. The summed E-state index contributed by atoms with van der Waals surface area (Å²) in [4.78, 5) is 27.3. The van der Waals surface area contributed by atoms with E-state index < -0.39 is 5.82 Å². The topological polar surface area (TPSA) is 64.6 Å². The Morgan fingerprint density at radius 1 is 0.926 bits per heavy atom. The van der Waals surface area contributed by atoms with Gasteiger partial charge < -0.3 is 20.0 Å². The van der Waals surface area contributed by atoms with Crippen molar-refractivity contribution in [2.75, 3.05) is 54.4 Å². The number of benzene rings is 1. The molecule has 27 heavy (non-hydrogen) atoms. The van der Waals surface area contributed by atoms with Crippen molar-refractivity contribution in [2.24, 2.45) is 0 Å². The normalized spacial score (nSPS) is 17.3. The first-order valence-corrected chi connectivity index (χ1v) is 9.33. The van der Waals surface area contributed by atoms with Crippen molar-refractivity contribution in [3.05, 3.63) is 42.5 Å². The van der Waals surface area contributed by atoms with Gasteiger partial charge in [0.15, 0.2) is 0 Å². The molecule has 2 saturated heterocycles. The zero-order chi connectivity index (χ0) is 18.6. The Labute approximate surface area is 157 Å². The Morgan fingerprint density at radius 3 is 2.22 bits per heavy atom. The van der Waals surface area contributed by atoms with Crippen LogP contribution in [0.2, 0.25) is 0 Å². The molecule has 0 aliphatic carbocycles. The number of amides is 2. The Kier molecular flexibility index (Phi) is 5.04. The molecule has 1 aromatic heterocycles. The molecular weight excluding hydrogens is 347 g/mol. The van der Waals surface area contributed by atoms with Crippen LogP contribution in [0.4, 0.5) is 26.5 Å². The number of rotatable bonds is 3. The second-order valence-electron chi connectivity index (χ2n) is 6.81. The molecule has 2 aromatic rings. The molecule has 8 heteroatoms. The zero-order valence-electron chi connectivity index (χ0n) is 15.1. The highest BCUT2D eigenvalue weighted by atomic mass is 19.1. The van der Waals surface area contributed by atoms with E-state index in [-0.39, 0.29) is 11.7 Å². The van der Waals surface area contributed by atoms with E-state index in [1.807, 2.05) is 6.07 Å². The van der Waals surface area contributed by atoms with Crippen LogP contribution in [0.5, 0.6) is 0 Å². The smallest absolute Gasteiger partial charge is 0.322 e. The van der Waals surface area contributed by atoms with Gasteiger partial charge in [0, 0.05) is 45.3 Å². The lowest BCUT2D eigenvalue weighted by atomic mass is 10.3. The number of aromatic nitrogens is 2. The molecule has 2 amide bonds. The number of carbonyl (C=O) groups excluding carboxylic acids is 1. The van der Waals surface area contributed by atoms with Crippen molar-refractivity contribution >= 4 is 23.4 Å². The number of anilines is 3. The van der Waals surface area contributed by atoms with E-state index in [1.54, 1.807) is 29.4 Å². The maximum Gasteiger partial charge on any atom is 0.322 e. The summed E-state index contributed by atoms with van der Waals surface area (Å²) in [5.74, 6) is 1.43. The van der Waals surface area contributed by atoms with Crippen LogP contribution < -0.4 is 15.1 Å². The maximum atomic E-state index is 13.7. The molecule has 0 saturated carbocycles. The Morgan fingerprint density at radius 2 is 1.56 bits per heavy atom. The van der Waals surface area contributed by atoms with E-state index >= 15 is 0 Å². The van der Waals surface area contributed by atoms with Gasteiger partial charge in [-0.25, -0.2) is 19.2 Å². The first-order chi connectivity index (χ1) is 13.2. The molecule has 2 aliphatic heterocycles. The molecular formula is C19H23FN6O. The van der Waals surface area contributed by atoms with Crippen LogP contribution in [0.25, 0.3) is 0 Å². The van der Waals surface area contributed by atoms with Crippen LogP contribution in [-0.2, 0) is 0 Å². The summed E-state index contributed by atoms with van der Waals surface area (Å²) < 4.78 is 13.7. The predicted molar refractivity (Wildman–Crippen MR) is 103 cm³/mol. The van der Waals surface area contributed by atoms with Gasteiger partial charge in [-0.2, -0.15) is 0 Å². The molecule has 1 N–H and O–H groups in total. The number of para-hydroxylation sites is 1. The van der Waals surface area contributed by atoms with Crippen LogP contribution >= 0.6 is 0 Å². The number of carbonyl (C=O) groups is 1. The van der Waals surface area contributed by atoms with Crippen molar-refractivity contribution in [3.63, 3.8) is 0 Å². The molecule has 3 heterocycles. The average Bonchev–Trinajstić information content (AvgIpc) is 3.25. The van der Waals surface area contributed by atoms with Gasteiger partial charge in [-0.05, 0) is 25.0 Å². The summed E-state index contributed by atoms with van der Waals surface area (Å²) >= 11 is 0. The highest BCUT2D eigenvalue weighted by molar-refractivity contribution is 5.89. The van der Waals surface area contributed by atoms with Gasteiger partial charge >= 0.3 is 6.03 Å². The van der Waals surface area contributed by atoms with Crippen molar-refractivity contribution in [3.8, 4) is 0 Å². The van der Waals surface area contributed by atoms with Crippen molar-refractivity contribution in [2.45, 2.75) is 12.8 Å². The molecule has 0 unspecified atom stereocenters. The van der Waals surface area contributed by atoms with Crippen LogP contribution in [0.1, 0.15) is 12.8 Å². The van der Waals surface area contributed by atoms with E-state index in [9.17, 15) is 9.18 Å². The summed E-state index contributed by atoms with van der Waals surface area (Å²) in [6.45, 7) is 4.57. The second kappa shape index (κ2) is 7.77. The fraction of sp³-hybridized carbons (Fsp3) is 0.421. The van der Waals surface area contributed by atoms with Crippen LogP contribution in [0.3, 0.4) is 0 Å². The molecule has 0 spiro atoms. The molecule has 7 nitrogen and oxygen atoms in total. The lowest BCUT2D eigenvalue weighted by Gasteiger charge is -2.35. The molecule has 2 fully saturated rings. The van der Waals surface area contributed by atoms with Gasteiger partial charge in [-0.15, -0.1) is 0 Å². The number of hydrogen-bond acceptors (Lipinski definition) is 5. The molecule has 0 bridgehead atoms. The van der Waals surface area contributed by atoms with Crippen LogP contribution in [-0.4, -0.2) is 60.2 Å². The summed E-state index contributed by atoms with van der Waals surface area (Å²) in [7, 11) is 0. The van der Waals surface area contributed by atoms with Crippen LogP contribution in [0, 0.1) is 5.82 Å². The molecule has 0 atom stereocenters. The molecule has 2 aliphatic rings. The van der Waals surface area contributed by atoms with Crippen molar-refractivity contribution < 1.29 is 9.18 Å². The van der Waals surface area contributed by atoms with Gasteiger partial charge in [0.05, 0.1) is 5.69 Å². The van der Waals surface area contributed by atoms with Gasteiger partial charge in [0.1, 0.15) is 23.8 Å². The number of hydrogen-bond donors (Lipinski definition) is 1. The van der Waals surface area contributed by atoms with Gasteiger partial charge in [-0.3, -0.25) is 0 Å². The average molecular weight is 370 g/mol. The largest absolute Gasteiger partial charge is 0.356 e. The van der Waals surface area contributed by atoms with Crippen LogP contribution in [0.15, 0.2) is 36.7 Å².